The summed E-state index contributed by atoms with van der Waals surface area (Å²) in [4.78, 5) is 23.0. The van der Waals surface area contributed by atoms with Gasteiger partial charge in [0.15, 0.2) is 0 Å². The molecule has 108 valence electrons. The maximum absolute atomic E-state index is 12.1. The summed E-state index contributed by atoms with van der Waals surface area (Å²) in [6.07, 6.45) is 0. The van der Waals surface area contributed by atoms with Crippen LogP contribution in [0.4, 0.5) is 11.4 Å². The molecule has 0 atom stereocenters. The highest BCUT2D eigenvalue weighted by atomic mass is 16.3. The molecule has 0 aliphatic rings. The number of amides is 2. The molecule has 2 aromatic carbocycles. The van der Waals surface area contributed by atoms with Crippen molar-refractivity contribution < 1.29 is 14.7 Å². The fourth-order valence-corrected chi connectivity index (χ4v) is 1.87. The Labute approximate surface area is 122 Å². The maximum Gasteiger partial charge on any atom is 0.259 e. The molecule has 0 fully saturated rings. The second-order valence-corrected chi connectivity index (χ2v) is 4.73. The van der Waals surface area contributed by atoms with Crippen molar-refractivity contribution in [3.63, 3.8) is 0 Å². The topological polar surface area (TPSA) is 78.4 Å². The van der Waals surface area contributed by atoms with Crippen molar-refractivity contribution in [1.82, 2.24) is 0 Å². The van der Waals surface area contributed by atoms with E-state index in [-0.39, 0.29) is 23.1 Å². The van der Waals surface area contributed by atoms with Crippen molar-refractivity contribution in [3.05, 3.63) is 53.6 Å². The van der Waals surface area contributed by atoms with Crippen LogP contribution in [-0.4, -0.2) is 16.9 Å². The molecule has 2 amide bonds. The molecule has 0 spiro atoms. The zero-order chi connectivity index (χ0) is 15.4. The molecule has 2 rings (SSSR count). The first-order valence-corrected chi connectivity index (χ1v) is 6.44. The molecule has 5 nitrogen and oxygen atoms in total. The van der Waals surface area contributed by atoms with Crippen LogP contribution in [0.5, 0.6) is 5.75 Å². The average Bonchev–Trinajstić information content (AvgIpc) is 2.43. The molecular weight excluding hydrogens is 268 g/mol. The van der Waals surface area contributed by atoms with Crippen molar-refractivity contribution >= 4 is 23.2 Å². The Morgan fingerprint density at radius 1 is 0.952 bits per heavy atom. The molecule has 5 heteroatoms. The smallest absolute Gasteiger partial charge is 0.259 e. The van der Waals surface area contributed by atoms with E-state index in [0.717, 1.165) is 5.56 Å². The number of phenols is 1. The van der Waals surface area contributed by atoms with Crippen molar-refractivity contribution in [2.75, 3.05) is 10.6 Å². The number of rotatable bonds is 3. The molecule has 0 radical (unpaired) electrons. The molecule has 2 aromatic rings. The zero-order valence-electron chi connectivity index (χ0n) is 11.8. The summed E-state index contributed by atoms with van der Waals surface area (Å²) < 4.78 is 0. The van der Waals surface area contributed by atoms with Gasteiger partial charge in [0.2, 0.25) is 5.91 Å². The summed E-state index contributed by atoms with van der Waals surface area (Å²) in [6.45, 7) is 3.27. The molecule has 21 heavy (non-hydrogen) atoms. The Hall–Kier alpha value is -2.82. The van der Waals surface area contributed by atoms with Gasteiger partial charge >= 0.3 is 0 Å². The lowest BCUT2D eigenvalue weighted by atomic mass is 10.1. The van der Waals surface area contributed by atoms with E-state index in [9.17, 15) is 14.7 Å². The number of hydrogen-bond donors (Lipinski definition) is 3. The Kier molecular flexibility index (Phi) is 4.23. The number of anilines is 2. The fourth-order valence-electron chi connectivity index (χ4n) is 1.87. The van der Waals surface area contributed by atoms with Gasteiger partial charge in [0.25, 0.3) is 5.91 Å². The van der Waals surface area contributed by atoms with E-state index in [1.165, 1.54) is 13.0 Å². The highest BCUT2D eigenvalue weighted by molar-refractivity contribution is 6.06. The number of aryl methyl sites for hydroxylation is 1. The lowest BCUT2D eigenvalue weighted by Crippen LogP contribution is -2.12. The van der Waals surface area contributed by atoms with Gasteiger partial charge in [0, 0.05) is 18.3 Å². The zero-order valence-corrected chi connectivity index (χ0v) is 11.8. The van der Waals surface area contributed by atoms with E-state index in [4.69, 9.17) is 0 Å². The Morgan fingerprint density at radius 2 is 1.52 bits per heavy atom. The van der Waals surface area contributed by atoms with Gasteiger partial charge in [-0.05, 0) is 43.3 Å². The fraction of sp³-hybridized carbons (Fsp3) is 0.125. The summed E-state index contributed by atoms with van der Waals surface area (Å²) in [5.74, 6) is -0.604. The highest BCUT2D eigenvalue weighted by Gasteiger charge is 2.11. The van der Waals surface area contributed by atoms with E-state index in [0.29, 0.717) is 11.4 Å². The van der Waals surface area contributed by atoms with Crippen LogP contribution >= 0.6 is 0 Å². The van der Waals surface area contributed by atoms with Gasteiger partial charge in [0.1, 0.15) is 5.75 Å². The van der Waals surface area contributed by atoms with E-state index in [1.807, 2.05) is 6.92 Å². The third-order valence-corrected chi connectivity index (χ3v) is 2.86. The quantitative estimate of drug-likeness (QED) is 0.811. The van der Waals surface area contributed by atoms with E-state index >= 15 is 0 Å². The highest BCUT2D eigenvalue weighted by Crippen LogP contribution is 2.20. The summed E-state index contributed by atoms with van der Waals surface area (Å²) in [7, 11) is 0. The largest absolute Gasteiger partial charge is 0.507 e. The van der Waals surface area contributed by atoms with Gasteiger partial charge in [-0.15, -0.1) is 0 Å². The SMILES string of the molecule is CC(=O)Nc1ccc(NC(=O)c2cc(C)ccc2O)cc1. The second-order valence-electron chi connectivity index (χ2n) is 4.73. The maximum atomic E-state index is 12.1. The van der Waals surface area contributed by atoms with Crippen molar-refractivity contribution in [2.45, 2.75) is 13.8 Å². The molecule has 0 unspecified atom stereocenters. The number of carbonyl (C=O) groups excluding carboxylic acids is 2. The number of benzene rings is 2. The number of aromatic hydroxyl groups is 1. The first-order chi connectivity index (χ1) is 9.95. The molecule has 0 saturated heterocycles. The lowest BCUT2D eigenvalue weighted by Gasteiger charge is -2.08. The van der Waals surface area contributed by atoms with E-state index in [1.54, 1.807) is 36.4 Å². The van der Waals surface area contributed by atoms with Crippen LogP contribution in [0.3, 0.4) is 0 Å². The molecule has 3 N–H and O–H groups in total. The van der Waals surface area contributed by atoms with Gasteiger partial charge in [-0.3, -0.25) is 9.59 Å². The third kappa shape index (κ3) is 3.82. The van der Waals surface area contributed by atoms with Crippen molar-refractivity contribution in [2.24, 2.45) is 0 Å². The Bertz CT molecular complexity index is 678. The Balaban J connectivity index is 2.12. The van der Waals surface area contributed by atoms with Crippen LogP contribution in [-0.2, 0) is 4.79 Å². The number of nitrogens with one attached hydrogen (secondary N) is 2. The number of hydrogen-bond acceptors (Lipinski definition) is 3. The van der Waals surface area contributed by atoms with Crippen LogP contribution in [0.25, 0.3) is 0 Å². The van der Waals surface area contributed by atoms with Gasteiger partial charge in [-0.1, -0.05) is 11.6 Å². The van der Waals surface area contributed by atoms with Crippen molar-refractivity contribution in [1.29, 1.82) is 0 Å². The van der Waals surface area contributed by atoms with Crippen LogP contribution < -0.4 is 10.6 Å². The monoisotopic (exact) mass is 284 g/mol. The minimum atomic E-state index is -0.386. The van der Waals surface area contributed by atoms with Crippen LogP contribution in [0, 0.1) is 6.92 Å². The second kappa shape index (κ2) is 6.09. The van der Waals surface area contributed by atoms with E-state index < -0.39 is 0 Å². The normalized spacial score (nSPS) is 10.0. The predicted octanol–water partition coefficient (Wildman–Crippen LogP) is 2.91. The van der Waals surface area contributed by atoms with Crippen LogP contribution in [0.2, 0.25) is 0 Å². The summed E-state index contributed by atoms with van der Waals surface area (Å²) in [6, 6.07) is 11.6. The molecular formula is C16H16N2O3. The first kappa shape index (κ1) is 14.6. The number of phenolic OH excluding ortho intramolecular Hbond substituents is 1. The molecule has 0 bridgehead atoms. The molecule has 0 aromatic heterocycles. The van der Waals surface area contributed by atoms with Crippen LogP contribution in [0.15, 0.2) is 42.5 Å². The lowest BCUT2D eigenvalue weighted by molar-refractivity contribution is -0.114. The average molecular weight is 284 g/mol. The minimum absolute atomic E-state index is 0.0621. The molecule has 0 saturated carbocycles. The van der Waals surface area contributed by atoms with E-state index in [2.05, 4.69) is 10.6 Å². The standard InChI is InChI=1S/C16H16N2O3/c1-10-3-8-15(20)14(9-10)16(21)18-13-6-4-12(5-7-13)17-11(2)19/h3-9,20H,1-2H3,(H,17,19)(H,18,21). The van der Waals surface area contributed by atoms with Gasteiger partial charge in [-0.2, -0.15) is 0 Å². The first-order valence-electron chi connectivity index (χ1n) is 6.44. The van der Waals surface area contributed by atoms with Gasteiger partial charge in [0.05, 0.1) is 5.56 Å². The molecule has 0 aliphatic heterocycles. The van der Waals surface area contributed by atoms with Crippen molar-refractivity contribution in [3.8, 4) is 5.75 Å². The Morgan fingerprint density at radius 3 is 2.10 bits per heavy atom. The third-order valence-electron chi connectivity index (χ3n) is 2.86. The minimum Gasteiger partial charge on any atom is -0.507 e. The summed E-state index contributed by atoms with van der Waals surface area (Å²) in [5.41, 5.74) is 2.34. The van der Waals surface area contributed by atoms with Gasteiger partial charge in [-0.25, -0.2) is 0 Å². The summed E-state index contributed by atoms with van der Waals surface area (Å²) >= 11 is 0. The number of carbonyl (C=O) groups is 2. The summed E-state index contributed by atoms with van der Waals surface area (Å²) in [5, 5.41) is 15.1. The van der Waals surface area contributed by atoms with Crippen LogP contribution in [0.1, 0.15) is 22.8 Å². The molecule has 0 heterocycles. The predicted molar refractivity (Wildman–Crippen MR) is 81.5 cm³/mol. The molecule has 0 aliphatic carbocycles. The van der Waals surface area contributed by atoms with Gasteiger partial charge < -0.3 is 15.7 Å².